The maximum Gasteiger partial charge on any atom is 0.0686 e. The topological polar surface area (TPSA) is 38.0 Å². The van der Waals surface area contributed by atoms with E-state index in [2.05, 4.69) is 32.8 Å². The highest BCUT2D eigenvalue weighted by molar-refractivity contribution is 7.99. The number of hydrogen-bond donors (Lipinski definition) is 1. The number of aliphatic hydroxyl groups is 1. The van der Waals surface area contributed by atoms with E-state index in [4.69, 9.17) is 0 Å². The normalized spacial score (nSPS) is 16.5. The third-order valence-electron chi connectivity index (χ3n) is 3.30. The predicted molar refractivity (Wildman–Crippen MR) is 79.2 cm³/mol. The van der Waals surface area contributed by atoms with E-state index in [0.717, 1.165) is 24.3 Å². The molecule has 0 aliphatic heterocycles. The molecule has 104 valence electrons. The van der Waals surface area contributed by atoms with Crippen molar-refractivity contribution in [1.82, 2.24) is 9.78 Å². The first kappa shape index (κ1) is 15.6. The lowest BCUT2D eigenvalue weighted by Gasteiger charge is -2.12. The largest absolute Gasteiger partial charge is 0.392 e. The van der Waals surface area contributed by atoms with Gasteiger partial charge in [-0.15, -0.1) is 0 Å². The Hall–Kier alpha value is -0.480. The van der Waals surface area contributed by atoms with Crippen molar-refractivity contribution >= 4 is 11.8 Å². The standard InChI is InChI=1S/C14H26N2OS/c1-5-11(3)16-8-7-13(15-16)9-14(17)10-18-12(4)6-2/h7-8,11-12,14,17H,5-6,9-10H2,1-4H3. The van der Waals surface area contributed by atoms with Crippen molar-refractivity contribution in [1.29, 1.82) is 0 Å². The van der Waals surface area contributed by atoms with Gasteiger partial charge in [0.05, 0.1) is 11.8 Å². The van der Waals surface area contributed by atoms with Crippen molar-refractivity contribution in [3.8, 4) is 0 Å². The van der Waals surface area contributed by atoms with Crippen LogP contribution in [-0.4, -0.2) is 32.0 Å². The van der Waals surface area contributed by atoms with Gasteiger partial charge in [0.2, 0.25) is 0 Å². The molecule has 0 aliphatic rings. The van der Waals surface area contributed by atoms with Crippen LogP contribution in [0.1, 0.15) is 52.3 Å². The Balaban J connectivity index is 2.39. The maximum atomic E-state index is 9.98. The Kier molecular flexibility index (Phi) is 6.79. The lowest BCUT2D eigenvalue weighted by molar-refractivity contribution is 0.198. The van der Waals surface area contributed by atoms with E-state index in [1.165, 1.54) is 0 Å². The SMILES string of the molecule is CCC(C)SCC(O)Cc1ccn(C(C)CC)n1. The highest BCUT2D eigenvalue weighted by Crippen LogP contribution is 2.16. The van der Waals surface area contributed by atoms with Gasteiger partial charge in [0.1, 0.15) is 0 Å². The Morgan fingerprint density at radius 2 is 2.06 bits per heavy atom. The van der Waals surface area contributed by atoms with Crippen LogP contribution in [0.3, 0.4) is 0 Å². The number of nitrogens with zero attached hydrogens (tertiary/aromatic N) is 2. The fourth-order valence-electron chi connectivity index (χ4n) is 1.61. The van der Waals surface area contributed by atoms with Gasteiger partial charge in [0.15, 0.2) is 0 Å². The molecule has 1 aromatic rings. The molecule has 1 rings (SSSR count). The summed E-state index contributed by atoms with van der Waals surface area (Å²) in [5.74, 6) is 0.797. The van der Waals surface area contributed by atoms with Gasteiger partial charge in [0, 0.05) is 29.7 Å². The summed E-state index contributed by atoms with van der Waals surface area (Å²) >= 11 is 1.84. The quantitative estimate of drug-likeness (QED) is 0.787. The molecule has 0 aliphatic carbocycles. The van der Waals surface area contributed by atoms with Gasteiger partial charge in [-0.1, -0.05) is 20.8 Å². The average molecular weight is 270 g/mol. The molecule has 1 heterocycles. The molecule has 0 radical (unpaired) electrons. The van der Waals surface area contributed by atoms with Crippen LogP contribution in [0.4, 0.5) is 0 Å². The molecular formula is C14H26N2OS. The molecule has 1 N–H and O–H groups in total. The molecule has 0 spiro atoms. The molecule has 1 aromatic heterocycles. The second-order valence-electron chi connectivity index (χ2n) is 4.95. The zero-order valence-electron chi connectivity index (χ0n) is 12.0. The smallest absolute Gasteiger partial charge is 0.0686 e. The van der Waals surface area contributed by atoms with Crippen molar-refractivity contribution in [2.45, 2.75) is 64.4 Å². The number of rotatable bonds is 8. The van der Waals surface area contributed by atoms with Crippen LogP contribution in [0.15, 0.2) is 12.3 Å². The van der Waals surface area contributed by atoms with Crippen LogP contribution in [0.5, 0.6) is 0 Å². The second kappa shape index (κ2) is 7.85. The van der Waals surface area contributed by atoms with Gasteiger partial charge < -0.3 is 5.11 Å². The van der Waals surface area contributed by atoms with Gasteiger partial charge in [-0.25, -0.2) is 0 Å². The van der Waals surface area contributed by atoms with Gasteiger partial charge in [-0.3, -0.25) is 4.68 Å². The fourth-order valence-corrected chi connectivity index (χ4v) is 2.52. The Bertz CT molecular complexity index is 340. The van der Waals surface area contributed by atoms with Crippen LogP contribution in [0.25, 0.3) is 0 Å². The molecule has 0 bridgehead atoms. The van der Waals surface area contributed by atoms with Crippen LogP contribution in [0, 0.1) is 0 Å². The Morgan fingerprint density at radius 1 is 1.33 bits per heavy atom. The summed E-state index contributed by atoms with van der Waals surface area (Å²) < 4.78 is 1.99. The molecule has 3 unspecified atom stereocenters. The first-order chi connectivity index (χ1) is 8.56. The predicted octanol–water partition coefficient (Wildman–Crippen LogP) is 3.29. The van der Waals surface area contributed by atoms with Gasteiger partial charge in [-0.05, 0) is 25.8 Å². The zero-order valence-corrected chi connectivity index (χ0v) is 12.8. The number of aromatic nitrogens is 2. The van der Waals surface area contributed by atoms with E-state index in [1.807, 2.05) is 28.7 Å². The van der Waals surface area contributed by atoms with Gasteiger partial charge in [-0.2, -0.15) is 16.9 Å². The molecule has 0 saturated heterocycles. The molecule has 0 fully saturated rings. The van der Waals surface area contributed by atoms with Crippen LogP contribution in [-0.2, 0) is 6.42 Å². The number of thioether (sulfide) groups is 1. The molecule has 18 heavy (non-hydrogen) atoms. The summed E-state index contributed by atoms with van der Waals surface area (Å²) in [4.78, 5) is 0. The highest BCUT2D eigenvalue weighted by Gasteiger charge is 2.11. The van der Waals surface area contributed by atoms with E-state index in [1.54, 1.807) is 0 Å². The lowest BCUT2D eigenvalue weighted by Crippen LogP contribution is -2.16. The Labute approximate surface area is 115 Å². The molecule has 4 heteroatoms. The molecule has 3 nitrogen and oxygen atoms in total. The van der Waals surface area contributed by atoms with Crippen molar-refractivity contribution < 1.29 is 5.11 Å². The Morgan fingerprint density at radius 3 is 2.67 bits per heavy atom. The van der Waals surface area contributed by atoms with Crippen LogP contribution < -0.4 is 0 Å². The van der Waals surface area contributed by atoms with Crippen molar-refractivity contribution in [2.24, 2.45) is 0 Å². The van der Waals surface area contributed by atoms with E-state index < -0.39 is 0 Å². The molecule has 0 aromatic carbocycles. The molecule has 3 atom stereocenters. The van der Waals surface area contributed by atoms with Gasteiger partial charge >= 0.3 is 0 Å². The minimum absolute atomic E-state index is 0.288. The van der Waals surface area contributed by atoms with E-state index in [9.17, 15) is 5.11 Å². The molecular weight excluding hydrogens is 244 g/mol. The third-order valence-corrected chi connectivity index (χ3v) is 4.78. The summed E-state index contributed by atoms with van der Waals surface area (Å²) in [5, 5.41) is 15.1. The van der Waals surface area contributed by atoms with Gasteiger partial charge in [0.25, 0.3) is 0 Å². The maximum absolute atomic E-state index is 9.98. The summed E-state index contributed by atoms with van der Waals surface area (Å²) in [6.07, 6.45) is 4.61. The first-order valence-corrected chi connectivity index (χ1v) is 7.95. The molecule has 0 amide bonds. The third kappa shape index (κ3) is 5.02. The van der Waals surface area contributed by atoms with Crippen molar-refractivity contribution in [2.75, 3.05) is 5.75 Å². The first-order valence-electron chi connectivity index (χ1n) is 6.90. The summed E-state index contributed by atoms with van der Waals surface area (Å²) in [6.45, 7) is 8.70. The molecule has 0 saturated carbocycles. The zero-order chi connectivity index (χ0) is 13.5. The van der Waals surface area contributed by atoms with Crippen molar-refractivity contribution in [3.05, 3.63) is 18.0 Å². The summed E-state index contributed by atoms with van der Waals surface area (Å²) in [5.41, 5.74) is 0.993. The van der Waals surface area contributed by atoms with Crippen molar-refractivity contribution in [3.63, 3.8) is 0 Å². The average Bonchev–Trinajstić information content (AvgIpc) is 2.83. The van der Waals surface area contributed by atoms with E-state index in [-0.39, 0.29) is 6.10 Å². The summed E-state index contributed by atoms with van der Waals surface area (Å²) in [6, 6.07) is 2.45. The minimum atomic E-state index is -0.288. The van der Waals surface area contributed by atoms with Crippen LogP contribution >= 0.6 is 11.8 Å². The minimum Gasteiger partial charge on any atom is -0.392 e. The fraction of sp³-hybridized carbons (Fsp3) is 0.786. The number of aliphatic hydroxyl groups excluding tert-OH is 1. The van der Waals surface area contributed by atoms with E-state index in [0.29, 0.717) is 17.7 Å². The lowest BCUT2D eigenvalue weighted by atomic mass is 10.2. The van der Waals surface area contributed by atoms with Crippen LogP contribution in [0.2, 0.25) is 0 Å². The second-order valence-corrected chi connectivity index (χ2v) is 6.43. The summed E-state index contributed by atoms with van der Waals surface area (Å²) in [7, 11) is 0. The monoisotopic (exact) mass is 270 g/mol. The number of hydrogen-bond acceptors (Lipinski definition) is 3. The van der Waals surface area contributed by atoms with E-state index >= 15 is 0 Å². The highest BCUT2D eigenvalue weighted by atomic mass is 32.2.